The number of rotatable bonds is 5. The third kappa shape index (κ3) is 3.47. The Morgan fingerprint density at radius 1 is 0.926 bits per heavy atom. The van der Waals surface area contributed by atoms with E-state index in [1.54, 1.807) is 43.3 Å². The second kappa shape index (κ2) is 6.73. The average molecular weight is 381 g/mol. The van der Waals surface area contributed by atoms with E-state index in [-0.39, 0.29) is 22.5 Å². The quantitative estimate of drug-likeness (QED) is 0.559. The van der Waals surface area contributed by atoms with Gasteiger partial charge in [-0.25, -0.2) is 0 Å². The monoisotopic (exact) mass is 381 g/mol. The summed E-state index contributed by atoms with van der Waals surface area (Å²) in [5.74, 6) is 0.935. The Morgan fingerprint density at radius 3 is 2.15 bits per heavy atom. The van der Waals surface area contributed by atoms with Crippen LogP contribution in [0.1, 0.15) is 5.76 Å². The van der Waals surface area contributed by atoms with E-state index >= 15 is 0 Å². The SMILES string of the molecule is Cc1cc(NS(=O)(=O)c2nc(-c3ccccc3)oc2-c2ccccc2)no1. The van der Waals surface area contributed by atoms with E-state index < -0.39 is 10.0 Å². The Bertz CT molecular complexity index is 1170. The van der Waals surface area contributed by atoms with Gasteiger partial charge in [-0.3, -0.25) is 4.72 Å². The van der Waals surface area contributed by atoms with Crippen LogP contribution in [0.15, 0.2) is 80.7 Å². The van der Waals surface area contributed by atoms with Crippen molar-refractivity contribution in [3.63, 3.8) is 0 Å². The first kappa shape index (κ1) is 17.0. The molecule has 0 spiro atoms. The highest BCUT2D eigenvalue weighted by molar-refractivity contribution is 7.92. The summed E-state index contributed by atoms with van der Waals surface area (Å²) in [4.78, 5) is 4.26. The van der Waals surface area contributed by atoms with Gasteiger partial charge in [0.25, 0.3) is 10.0 Å². The minimum atomic E-state index is -4.04. The second-order valence-corrected chi connectivity index (χ2v) is 7.41. The van der Waals surface area contributed by atoms with Gasteiger partial charge in [0.15, 0.2) is 11.6 Å². The Kier molecular flexibility index (Phi) is 4.25. The number of sulfonamides is 1. The summed E-state index contributed by atoms with van der Waals surface area (Å²) in [6.45, 7) is 1.67. The van der Waals surface area contributed by atoms with Crippen LogP contribution in [0.3, 0.4) is 0 Å². The van der Waals surface area contributed by atoms with Gasteiger partial charge in [0, 0.05) is 17.2 Å². The van der Waals surface area contributed by atoms with Crippen LogP contribution < -0.4 is 4.72 Å². The molecule has 27 heavy (non-hydrogen) atoms. The second-order valence-electron chi connectivity index (χ2n) is 5.81. The van der Waals surface area contributed by atoms with E-state index in [4.69, 9.17) is 8.94 Å². The summed E-state index contributed by atoms with van der Waals surface area (Å²) >= 11 is 0. The lowest BCUT2D eigenvalue weighted by molar-refractivity contribution is 0.400. The summed E-state index contributed by atoms with van der Waals surface area (Å²) in [5, 5.41) is 3.46. The Hall–Kier alpha value is -3.39. The first-order valence-electron chi connectivity index (χ1n) is 8.11. The van der Waals surface area contributed by atoms with Crippen LogP contribution in [0, 0.1) is 6.92 Å². The van der Waals surface area contributed by atoms with E-state index in [9.17, 15) is 8.42 Å². The lowest BCUT2D eigenvalue weighted by Gasteiger charge is -2.03. The Labute approximate surface area is 155 Å². The highest BCUT2D eigenvalue weighted by atomic mass is 32.2. The standard InChI is InChI=1S/C19H15N3O4S/c1-13-12-16(21-26-13)22-27(23,24)19-17(14-8-4-2-5-9-14)25-18(20-19)15-10-6-3-7-11-15/h2-12H,1H3,(H,21,22). The summed E-state index contributed by atoms with van der Waals surface area (Å²) in [6.07, 6.45) is 0. The number of nitrogens with one attached hydrogen (secondary N) is 1. The third-order valence-electron chi connectivity index (χ3n) is 3.77. The van der Waals surface area contributed by atoms with Crippen molar-refractivity contribution in [1.29, 1.82) is 0 Å². The number of aromatic nitrogens is 2. The van der Waals surface area contributed by atoms with Crippen molar-refractivity contribution in [1.82, 2.24) is 10.1 Å². The maximum atomic E-state index is 12.9. The summed E-state index contributed by atoms with van der Waals surface area (Å²) in [6, 6.07) is 19.5. The van der Waals surface area contributed by atoms with Crippen LogP contribution in [0.5, 0.6) is 0 Å². The van der Waals surface area contributed by atoms with Gasteiger partial charge >= 0.3 is 0 Å². The van der Waals surface area contributed by atoms with Gasteiger partial charge < -0.3 is 8.94 Å². The van der Waals surface area contributed by atoms with Gasteiger partial charge in [-0.2, -0.15) is 13.4 Å². The highest BCUT2D eigenvalue weighted by Gasteiger charge is 2.28. The van der Waals surface area contributed by atoms with E-state index in [1.165, 1.54) is 6.07 Å². The van der Waals surface area contributed by atoms with Crippen LogP contribution in [-0.4, -0.2) is 18.6 Å². The summed E-state index contributed by atoms with van der Waals surface area (Å²) < 4.78 is 39.0. The zero-order chi connectivity index (χ0) is 18.9. The smallest absolute Gasteiger partial charge is 0.284 e. The molecule has 0 aliphatic rings. The van der Waals surface area contributed by atoms with Gasteiger partial charge in [-0.15, -0.1) is 0 Å². The molecule has 0 saturated carbocycles. The van der Waals surface area contributed by atoms with Crippen molar-refractivity contribution in [3.8, 4) is 22.8 Å². The first-order valence-corrected chi connectivity index (χ1v) is 9.59. The maximum absolute atomic E-state index is 12.9. The Morgan fingerprint density at radius 2 is 1.56 bits per heavy atom. The molecule has 0 fully saturated rings. The van der Waals surface area contributed by atoms with Crippen molar-refractivity contribution in [2.45, 2.75) is 11.9 Å². The van der Waals surface area contributed by atoms with Crippen molar-refractivity contribution >= 4 is 15.8 Å². The molecule has 0 radical (unpaired) electrons. The topological polar surface area (TPSA) is 98.2 Å². The number of hydrogen-bond acceptors (Lipinski definition) is 6. The first-order chi connectivity index (χ1) is 13.0. The van der Waals surface area contributed by atoms with E-state index in [1.807, 2.05) is 24.3 Å². The largest absolute Gasteiger partial charge is 0.435 e. The zero-order valence-corrected chi connectivity index (χ0v) is 15.1. The molecule has 4 rings (SSSR count). The summed E-state index contributed by atoms with van der Waals surface area (Å²) in [7, 11) is -4.04. The normalized spacial score (nSPS) is 11.4. The molecule has 8 heteroatoms. The molecule has 136 valence electrons. The minimum absolute atomic E-state index is 0.0794. The van der Waals surface area contributed by atoms with Crippen LogP contribution >= 0.6 is 0 Å². The van der Waals surface area contributed by atoms with E-state index in [0.29, 0.717) is 16.9 Å². The molecular weight excluding hydrogens is 366 g/mol. The van der Waals surface area contributed by atoms with Crippen molar-refractivity contribution in [3.05, 3.63) is 72.5 Å². The molecule has 0 aliphatic carbocycles. The number of oxazole rings is 1. The fourth-order valence-electron chi connectivity index (χ4n) is 2.56. The molecule has 0 amide bonds. The van der Waals surface area contributed by atoms with Crippen molar-refractivity contribution in [2.75, 3.05) is 4.72 Å². The lowest BCUT2D eigenvalue weighted by atomic mass is 10.2. The molecule has 2 heterocycles. The third-order valence-corrected chi connectivity index (χ3v) is 5.04. The lowest BCUT2D eigenvalue weighted by Crippen LogP contribution is -2.14. The van der Waals surface area contributed by atoms with Crippen LogP contribution in [0.2, 0.25) is 0 Å². The van der Waals surface area contributed by atoms with Crippen LogP contribution in [-0.2, 0) is 10.0 Å². The molecule has 0 bridgehead atoms. The van der Waals surface area contributed by atoms with E-state index in [2.05, 4.69) is 14.9 Å². The molecule has 0 saturated heterocycles. The van der Waals surface area contributed by atoms with Gasteiger partial charge in [0.05, 0.1) is 0 Å². The molecule has 0 atom stereocenters. The molecular formula is C19H15N3O4S. The molecule has 7 nitrogen and oxygen atoms in total. The summed E-state index contributed by atoms with van der Waals surface area (Å²) in [5.41, 5.74) is 1.28. The van der Waals surface area contributed by atoms with Gasteiger partial charge in [-0.05, 0) is 19.1 Å². The maximum Gasteiger partial charge on any atom is 0.284 e. The molecule has 0 aliphatic heterocycles. The number of aryl methyl sites for hydroxylation is 1. The van der Waals surface area contributed by atoms with Gasteiger partial charge in [0.1, 0.15) is 5.76 Å². The predicted molar refractivity (Wildman–Crippen MR) is 99.4 cm³/mol. The number of hydrogen-bond donors (Lipinski definition) is 1. The fraction of sp³-hybridized carbons (Fsp3) is 0.0526. The molecule has 0 unspecified atom stereocenters. The number of benzene rings is 2. The van der Waals surface area contributed by atoms with Gasteiger partial charge in [0.2, 0.25) is 10.9 Å². The highest BCUT2D eigenvalue weighted by Crippen LogP contribution is 2.33. The van der Waals surface area contributed by atoms with Crippen molar-refractivity contribution < 1.29 is 17.4 Å². The minimum Gasteiger partial charge on any atom is -0.435 e. The number of nitrogens with zero attached hydrogens (tertiary/aromatic N) is 2. The molecule has 2 aromatic heterocycles. The van der Waals surface area contributed by atoms with Crippen LogP contribution in [0.4, 0.5) is 5.82 Å². The van der Waals surface area contributed by atoms with Gasteiger partial charge in [-0.1, -0.05) is 53.7 Å². The van der Waals surface area contributed by atoms with E-state index in [0.717, 1.165) is 0 Å². The molecule has 4 aromatic rings. The molecule has 2 aromatic carbocycles. The average Bonchev–Trinajstić information content (AvgIpc) is 3.30. The fourth-order valence-corrected chi connectivity index (χ4v) is 3.64. The Balaban J connectivity index is 1.84. The molecule has 1 N–H and O–H groups in total. The predicted octanol–water partition coefficient (Wildman–Crippen LogP) is 4.11. The van der Waals surface area contributed by atoms with Crippen molar-refractivity contribution in [2.24, 2.45) is 0 Å². The van der Waals surface area contributed by atoms with Crippen LogP contribution in [0.25, 0.3) is 22.8 Å². The number of anilines is 1. The zero-order valence-electron chi connectivity index (χ0n) is 14.3.